The maximum atomic E-state index is 13.2. The van der Waals surface area contributed by atoms with Crippen molar-refractivity contribution in [2.24, 2.45) is 5.92 Å². The Kier molecular flexibility index (Phi) is 9.15. The Morgan fingerprint density at radius 2 is 1.78 bits per heavy atom. The van der Waals surface area contributed by atoms with Gasteiger partial charge in [-0.05, 0) is 88.3 Å². The number of aliphatic hydroxyl groups is 1. The lowest BCUT2D eigenvalue weighted by Crippen LogP contribution is -2.32. The smallest absolute Gasteiger partial charge is 0.295 e. The number of carbonyl (C=O) groups is 2. The van der Waals surface area contributed by atoms with Gasteiger partial charge >= 0.3 is 0 Å². The highest BCUT2D eigenvalue weighted by molar-refractivity contribution is 6.46. The Bertz CT molecular complexity index is 1110. The molecular weight excluding hydrogens is 456 g/mol. The Morgan fingerprint density at radius 1 is 1.08 bits per heavy atom. The molecule has 0 radical (unpaired) electrons. The van der Waals surface area contributed by atoms with Crippen molar-refractivity contribution in [2.75, 3.05) is 40.4 Å². The zero-order valence-electron chi connectivity index (χ0n) is 22.2. The van der Waals surface area contributed by atoms with Gasteiger partial charge in [0.1, 0.15) is 17.3 Å². The van der Waals surface area contributed by atoms with Crippen LogP contribution >= 0.6 is 0 Å². The van der Waals surface area contributed by atoms with E-state index in [-0.39, 0.29) is 11.3 Å². The van der Waals surface area contributed by atoms with Crippen LogP contribution in [-0.2, 0) is 9.59 Å². The molecule has 7 nitrogen and oxygen atoms in total. The number of carbonyl (C=O) groups excluding carboxylic acids is 2. The van der Waals surface area contributed by atoms with Crippen molar-refractivity contribution in [1.82, 2.24) is 9.80 Å². The number of Topliss-reactive ketones (excluding diaryl/α,β-unsaturated/α-hetero) is 1. The van der Waals surface area contributed by atoms with Crippen molar-refractivity contribution >= 4 is 17.4 Å². The number of rotatable bonds is 11. The molecule has 0 aliphatic carbocycles. The van der Waals surface area contributed by atoms with Crippen LogP contribution in [-0.4, -0.2) is 67.0 Å². The molecule has 1 fully saturated rings. The highest BCUT2D eigenvalue weighted by Gasteiger charge is 2.45. The van der Waals surface area contributed by atoms with Gasteiger partial charge in [-0.3, -0.25) is 9.59 Å². The average molecular weight is 495 g/mol. The summed E-state index contributed by atoms with van der Waals surface area (Å²) < 4.78 is 11.4. The lowest BCUT2D eigenvalue weighted by molar-refractivity contribution is -0.139. The molecule has 7 heteroatoms. The van der Waals surface area contributed by atoms with Crippen molar-refractivity contribution in [1.29, 1.82) is 0 Å². The fraction of sp³-hybridized carbons (Fsp3) is 0.448. The minimum absolute atomic E-state index is 0.101. The molecule has 0 aromatic heterocycles. The molecule has 1 amide bonds. The van der Waals surface area contributed by atoms with Crippen LogP contribution in [0.25, 0.3) is 5.76 Å². The fourth-order valence-corrected chi connectivity index (χ4v) is 4.30. The van der Waals surface area contributed by atoms with E-state index in [0.29, 0.717) is 43.4 Å². The van der Waals surface area contributed by atoms with E-state index in [1.165, 1.54) is 0 Å². The molecule has 0 spiro atoms. The van der Waals surface area contributed by atoms with Crippen LogP contribution in [0.4, 0.5) is 0 Å². The molecule has 1 heterocycles. The highest BCUT2D eigenvalue weighted by atomic mass is 16.5. The second kappa shape index (κ2) is 12.1. The standard InChI is InChI=1S/C29H38N2O5/c1-7-35-23-12-9-21(10-13-23)26-25(28(33)29(34)31(26)16-8-15-30(5)6)27(32)22-11-14-24(20(4)17-22)36-18-19(2)3/h9-14,17,19,26,32H,7-8,15-16,18H2,1-6H3/b27-25+/t26-/m0/s1. The molecule has 3 rings (SSSR count). The molecule has 1 aliphatic heterocycles. The normalized spacial score (nSPS) is 17.3. The largest absolute Gasteiger partial charge is 0.507 e. The van der Waals surface area contributed by atoms with Gasteiger partial charge < -0.3 is 24.4 Å². The van der Waals surface area contributed by atoms with E-state index < -0.39 is 17.7 Å². The molecule has 1 saturated heterocycles. The van der Waals surface area contributed by atoms with Crippen LogP contribution in [0.5, 0.6) is 11.5 Å². The molecule has 2 aromatic carbocycles. The molecule has 1 N–H and O–H groups in total. The second-order valence-corrected chi connectivity index (χ2v) is 9.84. The molecule has 194 valence electrons. The number of ketones is 1. The van der Waals surface area contributed by atoms with E-state index in [1.54, 1.807) is 23.1 Å². The van der Waals surface area contributed by atoms with E-state index >= 15 is 0 Å². The summed E-state index contributed by atoms with van der Waals surface area (Å²) in [6.45, 7) is 10.3. The van der Waals surface area contributed by atoms with Crippen LogP contribution in [0, 0.1) is 12.8 Å². The number of nitrogens with zero attached hydrogens (tertiary/aromatic N) is 2. The maximum absolute atomic E-state index is 13.2. The summed E-state index contributed by atoms with van der Waals surface area (Å²) in [5, 5.41) is 11.4. The van der Waals surface area contributed by atoms with Gasteiger partial charge in [-0.2, -0.15) is 0 Å². The number of hydrogen-bond donors (Lipinski definition) is 1. The molecule has 2 aromatic rings. The first-order chi connectivity index (χ1) is 17.1. The zero-order valence-corrected chi connectivity index (χ0v) is 22.2. The Labute approximate surface area is 214 Å². The zero-order chi connectivity index (χ0) is 26.4. The third-order valence-electron chi connectivity index (χ3n) is 6.07. The SMILES string of the molecule is CCOc1ccc([C@H]2/C(=C(\O)c3ccc(OCC(C)C)c(C)c3)C(=O)C(=O)N2CCCN(C)C)cc1. The van der Waals surface area contributed by atoms with E-state index in [1.807, 2.05) is 57.1 Å². The van der Waals surface area contributed by atoms with Crippen LogP contribution in [0.3, 0.4) is 0 Å². The molecule has 0 bridgehead atoms. The summed E-state index contributed by atoms with van der Waals surface area (Å²) >= 11 is 0. The van der Waals surface area contributed by atoms with Gasteiger partial charge in [-0.15, -0.1) is 0 Å². The molecule has 1 aliphatic rings. The summed E-state index contributed by atoms with van der Waals surface area (Å²) in [5.74, 6) is 0.374. The lowest BCUT2D eigenvalue weighted by atomic mass is 9.94. The molecule has 0 unspecified atom stereocenters. The lowest BCUT2D eigenvalue weighted by Gasteiger charge is -2.26. The number of benzene rings is 2. The molecule has 0 saturated carbocycles. The number of likely N-dealkylation sites (tertiary alicyclic amines) is 1. The number of ether oxygens (including phenoxy) is 2. The first kappa shape index (κ1) is 27.3. The van der Waals surface area contributed by atoms with Gasteiger partial charge in [-0.1, -0.05) is 26.0 Å². The van der Waals surface area contributed by atoms with Gasteiger partial charge in [0.05, 0.1) is 24.8 Å². The second-order valence-electron chi connectivity index (χ2n) is 9.84. The maximum Gasteiger partial charge on any atom is 0.295 e. The summed E-state index contributed by atoms with van der Waals surface area (Å²) in [7, 11) is 3.93. The Balaban J connectivity index is 2.03. The van der Waals surface area contributed by atoms with Gasteiger partial charge in [0.15, 0.2) is 0 Å². The van der Waals surface area contributed by atoms with E-state index in [0.717, 1.165) is 23.4 Å². The minimum Gasteiger partial charge on any atom is -0.507 e. The first-order valence-electron chi connectivity index (χ1n) is 12.5. The third-order valence-corrected chi connectivity index (χ3v) is 6.07. The summed E-state index contributed by atoms with van der Waals surface area (Å²) in [5.41, 5.74) is 2.17. The first-order valence-corrected chi connectivity index (χ1v) is 12.5. The van der Waals surface area contributed by atoms with Crippen LogP contribution in [0.2, 0.25) is 0 Å². The van der Waals surface area contributed by atoms with Gasteiger partial charge in [0.2, 0.25) is 0 Å². The fourth-order valence-electron chi connectivity index (χ4n) is 4.30. The summed E-state index contributed by atoms with van der Waals surface area (Å²) in [6.07, 6.45) is 0.703. The van der Waals surface area contributed by atoms with E-state index in [4.69, 9.17) is 9.47 Å². The number of aryl methyl sites for hydroxylation is 1. The van der Waals surface area contributed by atoms with Gasteiger partial charge in [0, 0.05) is 12.1 Å². The van der Waals surface area contributed by atoms with Crippen molar-refractivity contribution in [3.05, 3.63) is 64.7 Å². The topological polar surface area (TPSA) is 79.3 Å². The van der Waals surface area contributed by atoms with Crippen molar-refractivity contribution in [2.45, 2.75) is 40.2 Å². The van der Waals surface area contributed by atoms with Crippen LogP contribution < -0.4 is 9.47 Å². The molecule has 36 heavy (non-hydrogen) atoms. The Hall–Kier alpha value is -3.32. The Morgan fingerprint density at radius 3 is 2.36 bits per heavy atom. The van der Waals surface area contributed by atoms with Gasteiger partial charge in [-0.25, -0.2) is 0 Å². The number of aliphatic hydroxyl groups excluding tert-OH is 1. The van der Waals surface area contributed by atoms with Crippen molar-refractivity contribution in [3.8, 4) is 11.5 Å². The van der Waals surface area contributed by atoms with E-state index in [9.17, 15) is 14.7 Å². The highest BCUT2D eigenvalue weighted by Crippen LogP contribution is 2.40. The van der Waals surface area contributed by atoms with Gasteiger partial charge in [0.25, 0.3) is 11.7 Å². The average Bonchev–Trinajstić information content (AvgIpc) is 3.08. The summed E-state index contributed by atoms with van der Waals surface area (Å²) in [4.78, 5) is 30.0. The minimum atomic E-state index is -0.681. The molecular formula is C29H38N2O5. The van der Waals surface area contributed by atoms with Crippen LogP contribution in [0.15, 0.2) is 48.0 Å². The molecule has 1 atom stereocenters. The van der Waals surface area contributed by atoms with Crippen LogP contribution in [0.1, 0.15) is 49.9 Å². The quantitative estimate of drug-likeness (QED) is 0.275. The van der Waals surface area contributed by atoms with Crippen molar-refractivity contribution < 1.29 is 24.2 Å². The number of hydrogen-bond acceptors (Lipinski definition) is 6. The van der Waals surface area contributed by atoms with Crippen molar-refractivity contribution in [3.63, 3.8) is 0 Å². The monoisotopic (exact) mass is 494 g/mol. The summed E-state index contributed by atoms with van der Waals surface area (Å²) in [6, 6.07) is 12.0. The van der Waals surface area contributed by atoms with E-state index in [2.05, 4.69) is 13.8 Å². The third kappa shape index (κ3) is 6.26. The predicted molar refractivity (Wildman–Crippen MR) is 141 cm³/mol. The number of amides is 1. The predicted octanol–water partition coefficient (Wildman–Crippen LogP) is 4.80.